The zero-order chi connectivity index (χ0) is 45.2. The van der Waals surface area contributed by atoms with Gasteiger partial charge in [-0.2, -0.15) is 0 Å². The number of hydrogen-bond donors (Lipinski definition) is 0. The Kier molecular flexibility index (Phi) is 9.22. The van der Waals surface area contributed by atoms with Gasteiger partial charge in [0, 0.05) is 50.5 Å². The molecule has 0 atom stereocenters. The average molecular weight is 844 g/mol. The van der Waals surface area contributed by atoms with Crippen LogP contribution in [0.2, 0.25) is 0 Å². The third kappa shape index (κ3) is 6.63. The van der Waals surface area contributed by atoms with Crippen molar-refractivity contribution >= 4 is 79.0 Å². The van der Waals surface area contributed by atoms with E-state index < -0.39 is 0 Å². The zero-order valence-corrected chi connectivity index (χ0v) is 39.6. The molecule has 1 aromatic heterocycles. The second kappa shape index (κ2) is 14.6. The maximum absolute atomic E-state index is 2.59. The van der Waals surface area contributed by atoms with Crippen LogP contribution in [0.1, 0.15) is 84.6 Å². The van der Waals surface area contributed by atoms with E-state index in [1.807, 2.05) is 0 Å². The second-order valence-corrected chi connectivity index (χ2v) is 21.6. The fourth-order valence-electron chi connectivity index (χ4n) is 10.6. The SMILES string of the molecule is Cc1cc2c3c(c1)N(c1ccc(C(C)(C)C)cc1-c1ccccc1)c1ccc(C(C)(C)C)cc1B3c1ccc(-n3c4ccccc4c4ccccc43)cc1N2c1ccc(C(C)(C)C)cc1. The molecule has 8 aromatic carbocycles. The van der Waals surface area contributed by atoms with Gasteiger partial charge in [0.05, 0.1) is 16.7 Å². The number of nitrogens with zero attached hydrogens (tertiary/aromatic N) is 3. The molecule has 65 heavy (non-hydrogen) atoms. The lowest BCUT2D eigenvalue weighted by atomic mass is 9.33. The van der Waals surface area contributed by atoms with Crippen LogP contribution < -0.4 is 26.2 Å². The van der Waals surface area contributed by atoms with Gasteiger partial charge in [-0.05, 0) is 134 Å². The second-order valence-electron chi connectivity index (χ2n) is 21.6. The summed E-state index contributed by atoms with van der Waals surface area (Å²) in [7, 11) is 0. The van der Waals surface area contributed by atoms with Crippen molar-refractivity contribution in [3.8, 4) is 16.8 Å². The van der Waals surface area contributed by atoms with E-state index in [2.05, 4.69) is 253 Å². The zero-order valence-electron chi connectivity index (χ0n) is 39.6. The Labute approximate surface area is 386 Å². The molecule has 0 fully saturated rings. The first-order valence-corrected chi connectivity index (χ1v) is 23.4. The standard InChI is InChI=1S/C61H58BN3/c1-39-34-56-58-57(35-39)65(53-32-26-42(60(5,6)7)36-48(53)40-18-12-11-13-19-40)54-33-27-43(61(8,9)10)37-50(54)62(58)49-31-30-45(38-55(49)63(56)44-28-24-41(25-29-44)59(2,3)4)64-51-22-16-14-20-46(51)47-21-15-17-23-52(47)64/h11-38H,1-10H3. The summed E-state index contributed by atoms with van der Waals surface area (Å²) in [4.78, 5) is 5.16. The predicted molar refractivity (Wildman–Crippen MR) is 281 cm³/mol. The number of para-hydroxylation sites is 2. The van der Waals surface area contributed by atoms with Crippen LogP contribution in [-0.4, -0.2) is 11.3 Å². The van der Waals surface area contributed by atoms with Crippen molar-refractivity contribution in [2.24, 2.45) is 0 Å². The molecule has 4 heteroatoms. The maximum atomic E-state index is 2.59. The molecule has 0 amide bonds. The molecule has 0 bridgehead atoms. The summed E-state index contributed by atoms with van der Waals surface area (Å²) in [5, 5.41) is 2.53. The molecule has 3 nitrogen and oxygen atoms in total. The molecule has 2 aliphatic rings. The smallest absolute Gasteiger partial charge is 0.252 e. The number of fused-ring (bicyclic) bond motifs is 7. The highest BCUT2D eigenvalue weighted by Crippen LogP contribution is 2.49. The number of aryl methyl sites for hydroxylation is 1. The number of hydrogen-bond acceptors (Lipinski definition) is 2. The monoisotopic (exact) mass is 843 g/mol. The van der Waals surface area contributed by atoms with Crippen LogP contribution in [0.5, 0.6) is 0 Å². The van der Waals surface area contributed by atoms with Gasteiger partial charge >= 0.3 is 0 Å². The summed E-state index contributed by atoms with van der Waals surface area (Å²) < 4.78 is 2.46. The highest BCUT2D eigenvalue weighted by atomic mass is 15.2. The predicted octanol–water partition coefficient (Wildman–Crippen LogP) is 14.7. The van der Waals surface area contributed by atoms with Crippen molar-refractivity contribution in [1.82, 2.24) is 4.57 Å². The third-order valence-electron chi connectivity index (χ3n) is 14.1. The summed E-state index contributed by atoms with van der Waals surface area (Å²) in [5.74, 6) is 0. The Morgan fingerprint density at radius 3 is 1.52 bits per heavy atom. The van der Waals surface area contributed by atoms with E-state index in [9.17, 15) is 0 Å². The summed E-state index contributed by atoms with van der Waals surface area (Å²) >= 11 is 0. The van der Waals surface area contributed by atoms with E-state index in [-0.39, 0.29) is 23.0 Å². The molecular formula is C61H58BN3. The van der Waals surface area contributed by atoms with Crippen LogP contribution in [0, 0.1) is 6.92 Å². The highest BCUT2D eigenvalue weighted by Gasteiger charge is 2.44. The Hall–Kier alpha value is -6.78. The van der Waals surface area contributed by atoms with Crippen molar-refractivity contribution < 1.29 is 0 Å². The minimum Gasteiger partial charge on any atom is -0.311 e. The molecule has 320 valence electrons. The maximum Gasteiger partial charge on any atom is 0.252 e. The molecule has 0 saturated carbocycles. The van der Waals surface area contributed by atoms with Gasteiger partial charge in [0.1, 0.15) is 0 Å². The molecule has 2 aliphatic heterocycles. The Morgan fingerprint density at radius 2 is 0.908 bits per heavy atom. The Balaban J connectivity index is 1.23. The van der Waals surface area contributed by atoms with Gasteiger partial charge in [-0.25, -0.2) is 0 Å². The van der Waals surface area contributed by atoms with E-state index in [1.165, 1.54) is 100 Å². The summed E-state index contributed by atoms with van der Waals surface area (Å²) in [6.45, 7) is 23.1. The molecule has 3 heterocycles. The normalized spacial score (nSPS) is 13.6. The molecule has 0 spiro atoms. The Morgan fingerprint density at radius 1 is 0.385 bits per heavy atom. The van der Waals surface area contributed by atoms with Gasteiger partial charge in [0.2, 0.25) is 0 Å². The van der Waals surface area contributed by atoms with Gasteiger partial charge in [-0.3, -0.25) is 0 Å². The van der Waals surface area contributed by atoms with Crippen molar-refractivity contribution in [2.75, 3.05) is 9.80 Å². The first-order chi connectivity index (χ1) is 31.1. The van der Waals surface area contributed by atoms with Crippen LogP contribution in [0.4, 0.5) is 34.1 Å². The van der Waals surface area contributed by atoms with Gasteiger partial charge in [-0.1, -0.05) is 165 Å². The molecule has 0 aliphatic carbocycles. The van der Waals surface area contributed by atoms with Gasteiger partial charge in [0.25, 0.3) is 6.71 Å². The van der Waals surface area contributed by atoms with Crippen LogP contribution in [-0.2, 0) is 16.2 Å². The van der Waals surface area contributed by atoms with Crippen molar-refractivity contribution in [3.63, 3.8) is 0 Å². The lowest BCUT2D eigenvalue weighted by Crippen LogP contribution is -2.61. The van der Waals surface area contributed by atoms with Crippen LogP contribution >= 0.6 is 0 Å². The van der Waals surface area contributed by atoms with Crippen LogP contribution in [0.3, 0.4) is 0 Å². The minimum atomic E-state index is -0.0431. The average Bonchev–Trinajstić information content (AvgIpc) is 3.62. The lowest BCUT2D eigenvalue weighted by molar-refractivity contribution is 0.590. The quantitative estimate of drug-likeness (QED) is 0.164. The van der Waals surface area contributed by atoms with E-state index in [4.69, 9.17) is 0 Å². The summed E-state index contributed by atoms with van der Waals surface area (Å²) in [5.41, 5.74) is 22.4. The number of rotatable bonds is 4. The first kappa shape index (κ1) is 41.0. The van der Waals surface area contributed by atoms with Crippen LogP contribution in [0.25, 0.3) is 38.6 Å². The topological polar surface area (TPSA) is 11.4 Å². The number of aromatic nitrogens is 1. The van der Waals surface area contributed by atoms with Gasteiger partial charge < -0.3 is 14.4 Å². The lowest BCUT2D eigenvalue weighted by Gasteiger charge is -2.45. The van der Waals surface area contributed by atoms with Crippen molar-refractivity contribution in [2.45, 2.75) is 85.5 Å². The highest BCUT2D eigenvalue weighted by molar-refractivity contribution is 7.00. The van der Waals surface area contributed by atoms with E-state index in [0.29, 0.717) is 0 Å². The number of benzene rings is 8. The summed E-state index contributed by atoms with van der Waals surface area (Å²) in [6, 6.07) is 64.7. The third-order valence-corrected chi connectivity index (χ3v) is 14.1. The largest absolute Gasteiger partial charge is 0.311 e. The van der Waals surface area contributed by atoms with Crippen LogP contribution in [0.15, 0.2) is 170 Å². The van der Waals surface area contributed by atoms with E-state index >= 15 is 0 Å². The fraction of sp³-hybridized carbons (Fsp3) is 0.213. The molecule has 0 N–H and O–H groups in total. The minimum absolute atomic E-state index is 0.00419. The first-order valence-electron chi connectivity index (χ1n) is 23.4. The van der Waals surface area contributed by atoms with E-state index in [0.717, 1.165) is 11.4 Å². The summed E-state index contributed by atoms with van der Waals surface area (Å²) in [6.07, 6.45) is 0. The Bertz CT molecular complexity index is 3280. The molecule has 0 unspecified atom stereocenters. The molecular weight excluding hydrogens is 786 g/mol. The van der Waals surface area contributed by atoms with Gasteiger partial charge in [-0.15, -0.1) is 0 Å². The molecule has 11 rings (SSSR count). The van der Waals surface area contributed by atoms with Crippen molar-refractivity contribution in [3.05, 3.63) is 192 Å². The number of anilines is 6. The fourth-order valence-corrected chi connectivity index (χ4v) is 10.6. The van der Waals surface area contributed by atoms with Gasteiger partial charge in [0.15, 0.2) is 0 Å². The molecule has 0 radical (unpaired) electrons. The molecule has 0 saturated heterocycles. The van der Waals surface area contributed by atoms with Crippen molar-refractivity contribution in [1.29, 1.82) is 0 Å². The molecule has 9 aromatic rings. The van der Waals surface area contributed by atoms with E-state index in [1.54, 1.807) is 0 Å².